The van der Waals surface area contributed by atoms with E-state index in [0.29, 0.717) is 0 Å². The monoisotopic (exact) mass is 385 g/mol. The Morgan fingerprint density at radius 2 is 1.66 bits per heavy atom. The van der Waals surface area contributed by atoms with Gasteiger partial charge >= 0.3 is 0 Å². The van der Waals surface area contributed by atoms with Crippen LogP contribution in [0.5, 0.6) is 0 Å². The van der Waals surface area contributed by atoms with E-state index in [0.717, 1.165) is 0 Å². The number of fused-ring (bicyclic) bond motifs is 2. The van der Waals surface area contributed by atoms with E-state index in [1.54, 1.807) is 0 Å². The average Bonchev–Trinajstić information content (AvgIpc) is 2.95. The fraction of sp³-hybridized carbons (Fsp3) is 0.370. The zero-order chi connectivity index (χ0) is 21.1. The number of rotatable bonds is 2. The van der Waals surface area contributed by atoms with E-state index in [1.165, 1.54) is 45.0 Å². The first-order valence-electron chi connectivity index (χ1n) is 10.5. The molecule has 2 heterocycles. The van der Waals surface area contributed by atoms with Crippen molar-refractivity contribution in [1.29, 1.82) is 0 Å². The first-order valence-corrected chi connectivity index (χ1v) is 10.5. The summed E-state index contributed by atoms with van der Waals surface area (Å²) in [5.74, 6) is 0. The summed E-state index contributed by atoms with van der Waals surface area (Å²) < 4.78 is 2.33. The van der Waals surface area contributed by atoms with E-state index < -0.39 is 0 Å². The van der Waals surface area contributed by atoms with Crippen molar-refractivity contribution in [2.45, 2.75) is 52.4 Å². The minimum atomic E-state index is -0.00304. The lowest BCUT2D eigenvalue weighted by Crippen LogP contribution is -2.26. The number of likely N-dealkylation sites (N-methyl/N-ethyl adjacent to an activating group) is 1. The Labute approximate surface area is 175 Å². The number of benzene rings is 2. The summed E-state index contributed by atoms with van der Waals surface area (Å²) >= 11 is 0. The highest BCUT2D eigenvalue weighted by Crippen LogP contribution is 2.48. The highest BCUT2D eigenvalue weighted by atomic mass is 15.2. The Bertz CT molecular complexity index is 1090. The molecule has 0 bridgehead atoms. The van der Waals surface area contributed by atoms with Gasteiger partial charge in [0.15, 0.2) is 5.71 Å². The van der Waals surface area contributed by atoms with E-state index >= 15 is 0 Å². The summed E-state index contributed by atoms with van der Waals surface area (Å²) in [6, 6.07) is 13.3. The van der Waals surface area contributed by atoms with Crippen LogP contribution >= 0.6 is 0 Å². The number of para-hydroxylation sites is 1. The molecule has 150 valence electrons. The molecule has 0 unspecified atom stereocenters. The fourth-order valence-electron chi connectivity index (χ4n) is 5.55. The average molecular weight is 386 g/mol. The van der Waals surface area contributed by atoms with Gasteiger partial charge in [0.1, 0.15) is 7.05 Å². The lowest BCUT2D eigenvalue weighted by atomic mass is 9.80. The van der Waals surface area contributed by atoms with Crippen LogP contribution in [0.4, 0.5) is 11.4 Å². The van der Waals surface area contributed by atoms with Crippen LogP contribution in [0.3, 0.4) is 0 Å². The number of allylic oxidation sites excluding steroid dienone is 4. The van der Waals surface area contributed by atoms with E-state index in [1.807, 2.05) is 0 Å². The maximum absolute atomic E-state index is 2.36. The Morgan fingerprint density at radius 1 is 0.966 bits per heavy atom. The second kappa shape index (κ2) is 6.45. The Hall–Kier alpha value is -2.61. The minimum absolute atomic E-state index is 0.00304. The fourth-order valence-corrected chi connectivity index (χ4v) is 5.55. The van der Waals surface area contributed by atoms with Gasteiger partial charge in [0.2, 0.25) is 5.69 Å². The molecule has 0 saturated carbocycles. The van der Waals surface area contributed by atoms with Crippen LogP contribution < -0.4 is 4.90 Å². The lowest BCUT2D eigenvalue weighted by molar-refractivity contribution is -0.401. The predicted molar refractivity (Wildman–Crippen MR) is 125 cm³/mol. The van der Waals surface area contributed by atoms with Gasteiger partial charge in [0.25, 0.3) is 0 Å². The molecule has 2 aliphatic rings. The van der Waals surface area contributed by atoms with Crippen LogP contribution in [0.2, 0.25) is 0 Å². The first kappa shape index (κ1) is 19.7. The number of aryl methyl sites for hydroxylation is 2. The van der Waals surface area contributed by atoms with Crippen LogP contribution in [-0.2, 0) is 10.8 Å². The normalized spacial score (nSPS) is 20.7. The van der Waals surface area contributed by atoms with Crippen LogP contribution in [0.25, 0.3) is 0 Å². The minimum Gasteiger partial charge on any atom is -0.347 e. The van der Waals surface area contributed by atoms with Gasteiger partial charge in [-0.2, -0.15) is 4.58 Å². The van der Waals surface area contributed by atoms with Crippen molar-refractivity contribution in [3.63, 3.8) is 0 Å². The summed E-state index contributed by atoms with van der Waals surface area (Å²) in [6.45, 7) is 13.7. The molecule has 0 radical (unpaired) electrons. The largest absolute Gasteiger partial charge is 0.347 e. The van der Waals surface area contributed by atoms with E-state index in [9.17, 15) is 0 Å². The molecule has 29 heavy (non-hydrogen) atoms. The summed E-state index contributed by atoms with van der Waals surface area (Å²) in [5.41, 5.74) is 10.9. The maximum Gasteiger partial charge on any atom is 0.209 e. The molecule has 0 saturated heterocycles. The molecular formula is C27H33N2+. The Morgan fingerprint density at radius 3 is 2.34 bits per heavy atom. The van der Waals surface area contributed by atoms with Crippen LogP contribution in [0.15, 0.2) is 60.3 Å². The van der Waals surface area contributed by atoms with Gasteiger partial charge in [0.05, 0.1) is 5.41 Å². The Balaban J connectivity index is 1.73. The number of anilines is 1. The molecule has 2 heteroatoms. The quantitative estimate of drug-likeness (QED) is 0.560. The molecule has 2 aromatic rings. The first-order chi connectivity index (χ1) is 13.6. The third-order valence-corrected chi connectivity index (χ3v) is 6.90. The summed E-state index contributed by atoms with van der Waals surface area (Å²) in [7, 11) is 4.37. The van der Waals surface area contributed by atoms with Crippen LogP contribution in [0, 0.1) is 13.8 Å². The van der Waals surface area contributed by atoms with Crippen molar-refractivity contribution in [3.05, 3.63) is 82.6 Å². The van der Waals surface area contributed by atoms with E-state index in [-0.39, 0.29) is 10.8 Å². The SMILES string of the molecule is Cc1cc(C)c2c(c1)N(C)C(=CC=CC1=[N+](C)c3ccccc3C1(C)C)C2(C)C. The van der Waals surface area contributed by atoms with E-state index in [2.05, 4.69) is 120 Å². The standard InChI is InChI=1S/C27H33N2/c1-18-16-19(2)25-22(17-18)29(8)24(27(25,5)6)15-11-14-23-26(3,4)20-12-9-10-13-21(20)28(23)7/h9-17H,1-8H3/q+1. The molecule has 0 aromatic heterocycles. The molecule has 2 aliphatic heterocycles. The summed E-state index contributed by atoms with van der Waals surface area (Å²) in [6.07, 6.45) is 6.83. The smallest absolute Gasteiger partial charge is 0.209 e. The van der Waals surface area contributed by atoms with Crippen molar-refractivity contribution >= 4 is 17.1 Å². The molecule has 4 rings (SSSR count). The second-order valence-electron chi connectivity index (χ2n) is 9.66. The van der Waals surface area contributed by atoms with Gasteiger partial charge in [-0.25, -0.2) is 0 Å². The summed E-state index contributed by atoms with van der Waals surface area (Å²) in [4.78, 5) is 2.36. The van der Waals surface area contributed by atoms with Crippen molar-refractivity contribution in [2.75, 3.05) is 19.0 Å². The predicted octanol–water partition coefficient (Wildman–Crippen LogP) is 6.18. The van der Waals surface area contributed by atoms with Crippen molar-refractivity contribution in [2.24, 2.45) is 0 Å². The number of hydrogen-bond donors (Lipinski definition) is 0. The van der Waals surface area contributed by atoms with E-state index in [4.69, 9.17) is 0 Å². The van der Waals surface area contributed by atoms with Gasteiger partial charge in [-0.05, 0) is 56.5 Å². The van der Waals surface area contributed by atoms with Gasteiger partial charge in [-0.3, -0.25) is 0 Å². The van der Waals surface area contributed by atoms with Crippen LogP contribution in [-0.4, -0.2) is 24.4 Å². The lowest BCUT2D eigenvalue weighted by Gasteiger charge is -2.24. The maximum atomic E-state index is 2.36. The molecule has 0 atom stereocenters. The van der Waals surface area contributed by atoms with Gasteiger partial charge in [0, 0.05) is 41.6 Å². The highest BCUT2D eigenvalue weighted by Gasteiger charge is 2.43. The molecule has 2 aromatic carbocycles. The third kappa shape index (κ3) is 2.80. The highest BCUT2D eigenvalue weighted by molar-refractivity contribution is 6.03. The van der Waals surface area contributed by atoms with Gasteiger partial charge < -0.3 is 4.90 Å². The molecule has 0 spiro atoms. The second-order valence-corrected chi connectivity index (χ2v) is 9.66. The molecule has 0 fully saturated rings. The Kier molecular flexibility index (Phi) is 4.38. The summed E-state index contributed by atoms with van der Waals surface area (Å²) in [5, 5.41) is 0. The molecule has 2 nitrogen and oxygen atoms in total. The van der Waals surface area contributed by atoms with Crippen molar-refractivity contribution in [3.8, 4) is 0 Å². The topological polar surface area (TPSA) is 6.25 Å². The molecule has 0 aliphatic carbocycles. The van der Waals surface area contributed by atoms with Gasteiger partial charge in [-0.1, -0.05) is 44.2 Å². The third-order valence-electron chi connectivity index (χ3n) is 6.90. The molecular weight excluding hydrogens is 352 g/mol. The zero-order valence-corrected chi connectivity index (χ0v) is 19.1. The van der Waals surface area contributed by atoms with Gasteiger partial charge in [-0.15, -0.1) is 0 Å². The molecule has 0 N–H and O–H groups in total. The number of nitrogens with zero attached hydrogens (tertiary/aromatic N) is 2. The molecule has 0 amide bonds. The van der Waals surface area contributed by atoms with Crippen molar-refractivity contribution < 1.29 is 4.58 Å². The zero-order valence-electron chi connectivity index (χ0n) is 19.1. The number of hydrogen-bond acceptors (Lipinski definition) is 1. The van der Waals surface area contributed by atoms with Crippen LogP contribution in [0.1, 0.15) is 49.9 Å². The van der Waals surface area contributed by atoms with Crippen molar-refractivity contribution in [1.82, 2.24) is 0 Å².